The van der Waals surface area contributed by atoms with E-state index in [9.17, 15) is 9.59 Å². The second-order valence-electron chi connectivity index (χ2n) is 7.95. The molecule has 4 aliphatic carbocycles. The van der Waals surface area contributed by atoms with E-state index in [0.717, 1.165) is 34.1 Å². The molecule has 1 heterocycles. The number of halogens is 1. The van der Waals surface area contributed by atoms with E-state index in [4.69, 9.17) is 0 Å². The van der Waals surface area contributed by atoms with Crippen LogP contribution in [0.1, 0.15) is 31.4 Å². The molecular formula is C21H22BrNO2. The number of hydrogen-bond acceptors (Lipinski definition) is 2. The first-order valence-corrected chi connectivity index (χ1v) is 10.2. The molecule has 4 heteroatoms. The second-order valence-corrected chi connectivity index (χ2v) is 8.86. The Morgan fingerprint density at radius 1 is 0.960 bits per heavy atom. The van der Waals surface area contributed by atoms with E-state index in [1.54, 1.807) is 4.90 Å². The summed E-state index contributed by atoms with van der Waals surface area (Å²) in [6.07, 6.45) is 7.29. The van der Waals surface area contributed by atoms with Gasteiger partial charge in [-0.2, -0.15) is 0 Å². The van der Waals surface area contributed by atoms with Crippen LogP contribution in [0.5, 0.6) is 0 Å². The third kappa shape index (κ3) is 1.98. The van der Waals surface area contributed by atoms with Crippen LogP contribution in [0.3, 0.4) is 0 Å². The number of nitrogens with zero attached hydrogens (tertiary/aromatic N) is 1. The van der Waals surface area contributed by atoms with Gasteiger partial charge in [0.2, 0.25) is 11.8 Å². The van der Waals surface area contributed by atoms with Crippen molar-refractivity contribution < 1.29 is 9.59 Å². The first kappa shape index (κ1) is 15.8. The highest BCUT2D eigenvalue weighted by Crippen LogP contribution is 2.65. The molecule has 0 N–H and O–H groups in total. The van der Waals surface area contributed by atoms with Gasteiger partial charge in [0, 0.05) is 4.47 Å². The van der Waals surface area contributed by atoms with Crippen LogP contribution in [0.2, 0.25) is 0 Å². The summed E-state index contributed by atoms with van der Waals surface area (Å²) in [6, 6.07) is 4.11. The van der Waals surface area contributed by atoms with Gasteiger partial charge in [0.05, 0.1) is 17.5 Å². The maximum atomic E-state index is 13.4. The summed E-state index contributed by atoms with van der Waals surface area (Å²) in [4.78, 5) is 28.3. The van der Waals surface area contributed by atoms with Crippen LogP contribution in [0, 0.1) is 35.5 Å². The van der Waals surface area contributed by atoms with Crippen LogP contribution in [0.15, 0.2) is 28.8 Å². The number of carbonyl (C=O) groups excluding carboxylic acids is 2. The Morgan fingerprint density at radius 2 is 1.44 bits per heavy atom. The number of amides is 2. The van der Waals surface area contributed by atoms with E-state index in [1.165, 1.54) is 6.42 Å². The van der Waals surface area contributed by atoms with E-state index in [-0.39, 0.29) is 35.5 Å². The summed E-state index contributed by atoms with van der Waals surface area (Å²) in [7, 11) is 0. The van der Waals surface area contributed by atoms with E-state index in [2.05, 4.69) is 54.1 Å². The minimum Gasteiger partial charge on any atom is -0.274 e. The van der Waals surface area contributed by atoms with Gasteiger partial charge in [0.15, 0.2) is 0 Å². The molecule has 0 radical (unpaired) electrons. The Hall–Kier alpha value is -1.42. The first-order chi connectivity index (χ1) is 12.1. The van der Waals surface area contributed by atoms with Gasteiger partial charge in [-0.3, -0.25) is 9.59 Å². The van der Waals surface area contributed by atoms with Crippen LogP contribution in [-0.2, 0) is 22.4 Å². The quantitative estimate of drug-likeness (QED) is 0.565. The number of benzene rings is 1. The van der Waals surface area contributed by atoms with Crippen LogP contribution in [-0.4, -0.2) is 11.8 Å². The molecule has 130 valence electrons. The maximum absolute atomic E-state index is 13.4. The largest absolute Gasteiger partial charge is 0.274 e. The highest BCUT2D eigenvalue weighted by Gasteiger charge is 2.67. The van der Waals surface area contributed by atoms with Gasteiger partial charge in [-0.05, 0) is 66.2 Å². The Balaban J connectivity index is 1.63. The van der Waals surface area contributed by atoms with Crippen molar-refractivity contribution in [3.05, 3.63) is 39.9 Å². The summed E-state index contributed by atoms with van der Waals surface area (Å²) >= 11 is 3.57. The molecule has 0 unspecified atom stereocenters. The van der Waals surface area contributed by atoms with Crippen LogP contribution in [0.25, 0.3) is 0 Å². The fourth-order valence-corrected chi connectivity index (χ4v) is 6.27. The Morgan fingerprint density at radius 3 is 1.88 bits per heavy atom. The molecule has 3 fully saturated rings. The number of aryl methyl sites for hydroxylation is 2. The van der Waals surface area contributed by atoms with Gasteiger partial charge in [-0.25, -0.2) is 4.90 Å². The summed E-state index contributed by atoms with van der Waals surface area (Å²) in [5.74, 6) is 1.72. The lowest BCUT2D eigenvalue weighted by atomic mass is 9.63. The smallest absolute Gasteiger partial charge is 0.238 e. The molecule has 3 nitrogen and oxygen atoms in total. The summed E-state index contributed by atoms with van der Waals surface area (Å²) in [5, 5.41) is 0. The van der Waals surface area contributed by atoms with Crippen molar-refractivity contribution in [3.63, 3.8) is 0 Å². The molecule has 6 rings (SSSR count). The third-order valence-corrected chi connectivity index (χ3v) is 7.34. The summed E-state index contributed by atoms with van der Waals surface area (Å²) in [6.45, 7) is 4.17. The van der Waals surface area contributed by atoms with Crippen LogP contribution in [0.4, 0.5) is 5.69 Å². The van der Waals surface area contributed by atoms with E-state index in [0.29, 0.717) is 11.8 Å². The number of allylic oxidation sites excluding steroid dienone is 2. The monoisotopic (exact) mass is 399 g/mol. The molecule has 2 saturated carbocycles. The van der Waals surface area contributed by atoms with Gasteiger partial charge in [-0.15, -0.1) is 0 Å². The lowest BCUT2D eigenvalue weighted by Gasteiger charge is -2.37. The minimum absolute atomic E-state index is 0.0476. The Kier molecular flexibility index (Phi) is 3.35. The Labute approximate surface area is 156 Å². The molecule has 0 aromatic heterocycles. The third-order valence-electron chi connectivity index (χ3n) is 6.88. The molecule has 25 heavy (non-hydrogen) atoms. The highest BCUT2D eigenvalue weighted by atomic mass is 79.9. The zero-order valence-electron chi connectivity index (χ0n) is 14.5. The number of carbonyl (C=O) groups is 2. The fourth-order valence-electron chi connectivity index (χ4n) is 5.72. The molecule has 1 aliphatic heterocycles. The summed E-state index contributed by atoms with van der Waals surface area (Å²) in [5.41, 5.74) is 3.03. The molecule has 5 aliphatic rings. The predicted octanol–water partition coefficient (Wildman–Crippen LogP) is 4.13. The maximum Gasteiger partial charge on any atom is 0.238 e. The van der Waals surface area contributed by atoms with Crippen molar-refractivity contribution in [1.82, 2.24) is 0 Å². The first-order valence-electron chi connectivity index (χ1n) is 9.44. The normalized spacial score (nSPS) is 37.5. The standard InChI is InChI=1S/C21H22BrNO2/c1-3-10-7-12(22)8-11(4-2)19(10)23-20(24)17-13-5-6-14(16-9-15(13)16)18(17)21(23)25/h5-8,13-18H,3-4,9H2,1-2H3/t13-,14-,15-,16-,17+,18+/m1/s1. The van der Waals surface area contributed by atoms with E-state index < -0.39 is 0 Å². The lowest BCUT2D eigenvalue weighted by molar-refractivity contribution is -0.124. The van der Waals surface area contributed by atoms with Gasteiger partial charge >= 0.3 is 0 Å². The molecule has 1 aromatic rings. The van der Waals surface area contributed by atoms with Crippen LogP contribution < -0.4 is 4.90 Å². The predicted molar refractivity (Wildman–Crippen MR) is 100 cm³/mol. The molecule has 2 bridgehead atoms. The molecule has 1 aromatic carbocycles. The topological polar surface area (TPSA) is 37.4 Å². The number of rotatable bonds is 3. The molecule has 1 saturated heterocycles. The average Bonchev–Trinajstić information content (AvgIpc) is 3.39. The van der Waals surface area contributed by atoms with Gasteiger partial charge < -0.3 is 0 Å². The second kappa shape index (κ2) is 5.29. The van der Waals surface area contributed by atoms with E-state index >= 15 is 0 Å². The Bertz CT molecular complexity index is 768. The fraction of sp³-hybridized carbons (Fsp3) is 0.524. The van der Waals surface area contributed by atoms with Gasteiger partial charge in [-0.1, -0.05) is 41.9 Å². The number of anilines is 1. The minimum atomic E-state index is -0.121. The zero-order valence-corrected chi connectivity index (χ0v) is 16.1. The summed E-state index contributed by atoms with van der Waals surface area (Å²) < 4.78 is 1.02. The molecule has 0 spiro atoms. The van der Waals surface area contributed by atoms with Crippen molar-refractivity contribution in [2.45, 2.75) is 33.1 Å². The number of imide groups is 1. The van der Waals surface area contributed by atoms with Crippen molar-refractivity contribution in [3.8, 4) is 0 Å². The highest BCUT2D eigenvalue weighted by molar-refractivity contribution is 9.10. The van der Waals surface area contributed by atoms with Gasteiger partial charge in [0.1, 0.15) is 0 Å². The van der Waals surface area contributed by atoms with Gasteiger partial charge in [0.25, 0.3) is 0 Å². The van der Waals surface area contributed by atoms with Crippen molar-refractivity contribution in [2.75, 3.05) is 4.90 Å². The van der Waals surface area contributed by atoms with Crippen molar-refractivity contribution in [2.24, 2.45) is 35.5 Å². The van der Waals surface area contributed by atoms with Crippen molar-refractivity contribution in [1.29, 1.82) is 0 Å². The molecule has 6 atom stereocenters. The average molecular weight is 400 g/mol. The molecule has 2 amide bonds. The van der Waals surface area contributed by atoms with Crippen LogP contribution >= 0.6 is 15.9 Å². The SMILES string of the molecule is CCc1cc(Br)cc(CC)c1N1C(=O)[C@H]2[C@@H]3C=C[C@H]([C@H]4C[C@H]34)[C@@H]2C1=O. The zero-order chi connectivity index (χ0) is 17.5. The van der Waals surface area contributed by atoms with Crippen molar-refractivity contribution >= 4 is 33.4 Å². The molecular weight excluding hydrogens is 378 g/mol. The lowest BCUT2D eigenvalue weighted by Crippen LogP contribution is -2.40. The number of hydrogen-bond donors (Lipinski definition) is 0. The van der Waals surface area contributed by atoms with E-state index in [1.807, 2.05) is 0 Å².